The Kier molecular flexibility index (Phi) is 7.29. The van der Waals surface area contributed by atoms with Crippen LogP contribution in [-0.2, 0) is 0 Å². The summed E-state index contributed by atoms with van der Waals surface area (Å²) in [5.74, 6) is 0.914. The van der Waals surface area contributed by atoms with Crippen molar-refractivity contribution in [1.82, 2.24) is 0 Å². The predicted octanol–water partition coefficient (Wildman–Crippen LogP) is 7.99. The standard InChI is InChI=1S/C35H32O4/c1-22(2)32-21-28(13-20-33(32)39)35(27-11-18-31(38)19-12-27)24-5-3-23(4-6-24)34(25-7-14-29(36)15-8-25)26-9-16-30(37)17-10-26/h3-22,34-39H,1-2H3. The van der Waals surface area contributed by atoms with Gasteiger partial charge in [0.1, 0.15) is 23.0 Å². The zero-order valence-corrected chi connectivity index (χ0v) is 22.0. The minimum Gasteiger partial charge on any atom is -0.508 e. The molecule has 5 aromatic rings. The molecule has 4 heteroatoms. The van der Waals surface area contributed by atoms with Gasteiger partial charge in [-0.2, -0.15) is 0 Å². The van der Waals surface area contributed by atoms with Gasteiger partial charge < -0.3 is 20.4 Å². The van der Waals surface area contributed by atoms with E-state index in [-0.39, 0.29) is 35.0 Å². The van der Waals surface area contributed by atoms with Gasteiger partial charge >= 0.3 is 0 Å². The Morgan fingerprint density at radius 1 is 0.385 bits per heavy atom. The molecule has 5 aromatic carbocycles. The molecule has 4 N–H and O–H groups in total. The Balaban J connectivity index is 1.60. The summed E-state index contributed by atoms with van der Waals surface area (Å²) in [5, 5.41) is 40.1. The quantitative estimate of drug-likeness (QED) is 0.165. The molecule has 4 nitrogen and oxygen atoms in total. The van der Waals surface area contributed by atoms with E-state index in [0.29, 0.717) is 5.75 Å². The molecule has 0 spiro atoms. The second-order valence-electron chi connectivity index (χ2n) is 10.3. The Labute approximate surface area is 229 Å². The van der Waals surface area contributed by atoms with Crippen molar-refractivity contribution in [3.63, 3.8) is 0 Å². The largest absolute Gasteiger partial charge is 0.508 e. The molecule has 1 unspecified atom stereocenters. The fraction of sp³-hybridized carbons (Fsp3) is 0.143. The van der Waals surface area contributed by atoms with Gasteiger partial charge in [-0.05, 0) is 87.3 Å². The van der Waals surface area contributed by atoms with Gasteiger partial charge in [0.05, 0.1) is 0 Å². The van der Waals surface area contributed by atoms with E-state index >= 15 is 0 Å². The third kappa shape index (κ3) is 5.60. The Morgan fingerprint density at radius 3 is 1.00 bits per heavy atom. The van der Waals surface area contributed by atoms with Crippen LogP contribution in [0.25, 0.3) is 0 Å². The summed E-state index contributed by atoms with van der Waals surface area (Å²) in [6.45, 7) is 4.13. The first kappa shape index (κ1) is 25.9. The average Bonchev–Trinajstić information content (AvgIpc) is 2.93. The van der Waals surface area contributed by atoms with Gasteiger partial charge in [-0.15, -0.1) is 0 Å². The van der Waals surface area contributed by atoms with Crippen LogP contribution in [0.5, 0.6) is 23.0 Å². The molecule has 0 aliphatic carbocycles. The summed E-state index contributed by atoms with van der Waals surface area (Å²) >= 11 is 0. The fourth-order valence-corrected chi connectivity index (χ4v) is 5.25. The van der Waals surface area contributed by atoms with E-state index in [2.05, 4.69) is 44.2 Å². The highest BCUT2D eigenvalue weighted by molar-refractivity contribution is 5.51. The maximum absolute atomic E-state index is 10.4. The van der Waals surface area contributed by atoms with Crippen LogP contribution in [-0.4, -0.2) is 20.4 Å². The second kappa shape index (κ2) is 11.0. The molecule has 0 radical (unpaired) electrons. The third-order valence-electron chi connectivity index (χ3n) is 7.29. The lowest BCUT2D eigenvalue weighted by Gasteiger charge is -2.23. The highest BCUT2D eigenvalue weighted by atomic mass is 16.3. The average molecular weight is 517 g/mol. The van der Waals surface area contributed by atoms with E-state index in [4.69, 9.17) is 0 Å². The minimum absolute atomic E-state index is 0.0893. The minimum atomic E-state index is -0.0986. The van der Waals surface area contributed by atoms with E-state index in [1.54, 1.807) is 42.5 Å². The van der Waals surface area contributed by atoms with Crippen LogP contribution < -0.4 is 0 Å². The van der Waals surface area contributed by atoms with Crippen LogP contribution in [0, 0.1) is 0 Å². The highest BCUT2D eigenvalue weighted by Gasteiger charge is 2.22. The van der Waals surface area contributed by atoms with Gasteiger partial charge in [0.25, 0.3) is 0 Å². The van der Waals surface area contributed by atoms with Crippen LogP contribution >= 0.6 is 0 Å². The Bertz CT molecular complexity index is 1490. The van der Waals surface area contributed by atoms with Crippen molar-refractivity contribution in [3.8, 4) is 23.0 Å². The van der Waals surface area contributed by atoms with Gasteiger partial charge in [-0.25, -0.2) is 0 Å². The van der Waals surface area contributed by atoms with E-state index in [9.17, 15) is 20.4 Å². The summed E-state index contributed by atoms with van der Waals surface area (Å²) in [4.78, 5) is 0. The van der Waals surface area contributed by atoms with Crippen molar-refractivity contribution in [2.45, 2.75) is 31.6 Å². The molecular formula is C35H32O4. The van der Waals surface area contributed by atoms with E-state index in [1.807, 2.05) is 42.5 Å². The lowest BCUT2D eigenvalue weighted by molar-refractivity contribution is 0.464. The summed E-state index contributed by atoms with van der Waals surface area (Å²) in [5.41, 5.74) is 7.21. The molecular weight excluding hydrogens is 484 g/mol. The SMILES string of the molecule is CC(C)c1cc(C(c2ccc(O)cc2)c2ccc(C(c3ccc(O)cc3)c3ccc(O)cc3)cc2)ccc1O. The molecule has 0 aliphatic heterocycles. The van der Waals surface area contributed by atoms with Crippen molar-refractivity contribution in [2.75, 3.05) is 0 Å². The first-order chi connectivity index (χ1) is 18.8. The topological polar surface area (TPSA) is 80.9 Å². The smallest absolute Gasteiger partial charge is 0.119 e. The first-order valence-electron chi connectivity index (χ1n) is 13.1. The number of benzene rings is 5. The van der Waals surface area contributed by atoms with Gasteiger partial charge in [-0.1, -0.05) is 86.6 Å². The van der Waals surface area contributed by atoms with Crippen molar-refractivity contribution in [1.29, 1.82) is 0 Å². The lowest BCUT2D eigenvalue weighted by atomic mass is 9.81. The molecule has 0 bridgehead atoms. The summed E-state index contributed by atoms with van der Waals surface area (Å²) in [6, 6.07) is 36.0. The molecule has 5 rings (SSSR count). The summed E-state index contributed by atoms with van der Waals surface area (Å²) < 4.78 is 0. The fourth-order valence-electron chi connectivity index (χ4n) is 5.25. The predicted molar refractivity (Wildman–Crippen MR) is 155 cm³/mol. The number of phenols is 4. The molecule has 0 fully saturated rings. The number of hydrogen-bond acceptors (Lipinski definition) is 4. The van der Waals surface area contributed by atoms with Gasteiger partial charge in [0.2, 0.25) is 0 Å². The zero-order chi connectivity index (χ0) is 27.5. The van der Waals surface area contributed by atoms with Crippen molar-refractivity contribution >= 4 is 0 Å². The lowest BCUT2D eigenvalue weighted by Crippen LogP contribution is -2.07. The van der Waals surface area contributed by atoms with Crippen LogP contribution in [0.3, 0.4) is 0 Å². The van der Waals surface area contributed by atoms with E-state index in [1.165, 1.54) is 0 Å². The molecule has 0 saturated heterocycles. The van der Waals surface area contributed by atoms with Crippen LogP contribution in [0.15, 0.2) is 115 Å². The van der Waals surface area contributed by atoms with Crippen LogP contribution in [0.1, 0.15) is 70.5 Å². The maximum Gasteiger partial charge on any atom is 0.119 e. The van der Waals surface area contributed by atoms with E-state index < -0.39 is 0 Å². The van der Waals surface area contributed by atoms with Crippen molar-refractivity contribution in [2.24, 2.45) is 0 Å². The van der Waals surface area contributed by atoms with Crippen molar-refractivity contribution < 1.29 is 20.4 Å². The molecule has 1 atom stereocenters. The molecule has 39 heavy (non-hydrogen) atoms. The molecule has 0 amide bonds. The molecule has 0 saturated carbocycles. The highest BCUT2D eigenvalue weighted by Crippen LogP contribution is 2.39. The Morgan fingerprint density at radius 2 is 0.667 bits per heavy atom. The zero-order valence-electron chi connectivity index (χ0n) is 22.0. The number of hydrogen-bond donors (Lipinski definition) is 4. The second-order valence-corrected chi connectivity index (χ2v) is 10.3. The van der Waals surface area contributed by atoms with Crippen molar-refractivity contribution in [3.05, 3.63) is 154 Å². The first-order valence-corrected chi connectivity index (χ1v) is 13.1. The Hall–Kier alpha value is -4.70. The molecule has 0 aliphatic rings. The summed E-state index contributed by atoms with van der Waals surface area (Å²) in [7, 11) is 0. The van der Waals surface area contributed by atoms with Gasteiger partial charge in [0, 0.05) is 11.8 Å². The number of aromatic hydroxyl groups is 4. The van der Waals surface area contributed by atoms with Crippen LogP contribution in [0.2, 0.25) is 0 Å². The van der Waals surface area contributed by atoms with E-state index in [0.717, 1.165) is 38.9 Å². The number of rotatable bonds is 7. The molecule has 196 valence electrons. The molecule has 0 aromatic heterocycles. The van der Waals surface area contributed by atoms with Gasteiger partial charge in [-0.3, -0.25) is 0 Å². The number of phenolic OH excluding ortho intramolecular Hbond substituents is 4. The van der Waals surface area contributed by atoms with Gasteiger partial charge in [0.15, 0.2) is 0 Å². The maximum atomic E-state index is 10.4. The normalized spacial score (nSPS) is 12.1. The monoisotopic (exact) mass is 516 g/mol. The third-order valence-corrected chi connectivity index (χ3v) is 7.29. The van der Waals surface area contributed by atoms with Crippen LogP contribution in [0.4, 0.5) is 0 Å². The summed E-state index contributed by atoms with van der Waals surface area (Å²) in [6.07, 6.45) is 0. The molecule has 0 heterocycles.